The van der Waals surface area contributed by atoms with E-state index in [-0.39, 0.29) is 25.1 Å². The lowest BCUT2D eigenvalue weighted by molar-refractivity contribution is 0.265. The Morgan fingerprint density at radius 1 is 1.45 bits per heavy atom. The van der Waals surface area contributed by atoms with Gasteiger partial charge in [-0.25, -0.2) is 4.98 Å². The Morgan fingerprint density at radius 3 is 2.90 bits per heavy atom. The number of ether oxygens (including phenoxy) is 1. The highest BCUT2D eigenvalue weighted by Crippen LogP contribution is 2.21. The smallest absolute Gasteiger partial charge is 0.183 e. The van der Waals surface area contributed by atoms with Crippen LogP contribution in [0.4, 0.5) is 0 Å². The number of rotatable bonds is 6. The number of hydrogen-bond donors (Lipinski definition) is 2. The molecule has 0 saturated carbocycles. The maximum absolute atomic E-state index is 8.95. The molecule has 0 radical (unpaired) electrons. The normalized spacial score (nSPS) is 11.8. The quantitative estimate of drug-likeness (QED) is 0.852. The average Bonchev–Trinajstić information content (AvgIpc) is 2.82. The molecule has 0 fully saturated rings. The van der Waals surface area contributed by atoms with Gasteiger partial charge in [-0.2, -0.15) is 0 Å². The van der Waals surface area contributed by atoms with E-state index in [0.29, 0.717) is 17.5 Å². The van der Waals surface area contributed by atoms with Gasteiger partial charge in [0, 0.05) is 12.2 Å². The van der Waals surface area contributed by atoms with E-state index in [2.05, 4.69) is 4.98 Å². The summed E-state index contributed by atoms with van der Waals surface area (Å²) in [4.78, 5) is 4.93. The Bertz CT molecular complexity index is 537. The maximum atomic E-state index is 8.95. The number of nitrogens with two attached hydrogens (primary N) is 1. The first-order valence-corrected chi connectivity index (χ1v) is 7.05. The Hall–Kier alpha value is -0.850. The van der Waals surface area contributed by atoms with Crippen LogP contribution in [0.1, 0.15) is 10.4 Å². The van der Waals surface area contributed by atoms with E-state index in [9.17, 15) is 0 Å². The third-order valence-corrected chi connectivity index (χ3v) is 3.63. The minimum absolute atomic E-state index is 0. The van der Waals surface area contributed by atoms with Crippen LogP contribution in [-0.2, 0) is 13.0 Å². The molecular formula is C13H16Cl2N2O2S. The van der Waals surface area contributed by atoms with E-state index < -0.39 is 0 Å². The van der Waals surface area contributed by atoms with Gasteiger partial charge in [0.2, 0.25) is 0 Å². The molecular weight excluding hydrogens is 319 g/mol. The SMILES string of the molecule is Cl.NC(CO)Cc1cccc(OCc2cnc(Cl)s2)c1. The Kier molecular flexibility index (Phi) is 7.26. The monoisotopic (exact) mass is 334 g/mol. The lowest BCUT2D eigenvalue weighted by atomic mass is 10.1. The number of hydrogen-bond acceptors (Lipinski definition) is 5. The second-order valence-electron chi connectivity index (χ2n) is 4.16. The first kappa shape index (κ1) is 17.2. The molecule has 1 heterocycles. The van der Waals surface area contributed by atoms with Gasteiger partial charge in [0.1, 0.15) is 12.4 Å². The first-order chi connectivity index (χ1) is 9.17. The average molecular weight is 335 g/mol. The molecule has 1 aromatic heterocycles. The Morgan fingerprint density at radius 2 is 2.25 bits per heavy atom. The number of thiazole rings is 1. The molecule has 1 aromatic carbocycles. The van der Waals surface area contributed by atoms with E-state index in [4.69, 9.17) is 27.2 Å². The third kappa shape index (κ3) is 5.26. The molecule has 20 heavy (non-hydrogen) atoms. The topological polar surface area (TPSA) is 68.4 Å². The highest BCUT2D eigenvalue weighted by atomic mass is 35.5. The lowest BCUT2D eigenvalue weighted by Crippen LogP contribution is -2.26. The van der Waals surface area contributed by atoms with Crippen molar-refractivity contribution in [3.63, 3.8) is 0 Å². The van der Waals surface area contributed by atoms with Gasteiger partial charge < -0.3 is 15.6 Å². The molecule has 0 aliphatic rings. The first-order valence-electron chi connectivity index (χ1n) is 5.86. The number of nitrogens with zero attached hydrogens (tertiary/aromatic N) is 1. The van der Waals surface area contributed by atoms with Crippen molar-refractivity contribution in [2.45, 2.75) is 19.1 Å². The fourth-order valence-corrected chi connectivity index (χ4v) is 2.53. The molecule has 0 aliphatic carbocycles. The van der Waals surface area contributed by atoms with Crippen molar-refractivity contribution >= 4 is 35.3 Å². The van der Waals surface area contributed by atoms with Crippen LogP contribution in [-0.4, -0.2) is 22.7 Å². The van der Waals surface area contributed by atoms with Gasteiger partial charge in [0.15, 0.2) is 4.47 Å². The maximum Gasteiger partial charge on any atom is 0.183 e. The highest BCUT2D eigenvalue weighted by Gasteiger charge is 2.05. The summed E-state index contributed by atoms with van der Waals surface area (Å²) in [5, 5.41) is 8.95. The number of benzene rings is 1. The summed E-state index contributed by atoms with van der Waals surface area (Å²) in [6, 6.07) is 7.45. The molecule has 7 heteroatoms. The molecule has 4 nitrogen and oxygen atoms in total. The number of aliphatic hydroxyl groups excluding tert-OH is 1. The van der Waals surface area contributed by atoms with Crippen molar-refractivity contribution in [3.8, 4) is 5.75 Å². The van der Waals surface area contributed by atoms with Crippen LogP contribution in [0.5, 0.6) is 5.75 Å². The van der Waals surface area contributed by atoms with Crippen LogP contribution in [0.2, 0.25) is 4.47 Å². The summed E-state index contributed by atoms with van der Waals surface area (Å²) < 4.78 is 6.18. The fraction of sp³-hybridized carbons (Fsp3) is 0.308. The molecule has 2 aromatic rings. The minimum Gasteiger partial charge on any atom is -0.488 e. The standard InChI is InChI=1S/C13H15ClN2O2S.ClH/c14-13-16-6-12(19-13)8-18-11-3-1-2-9(5-11)4-10(15)7-17;/h1-3,5-6,10,17H,4,7-8,15H2;1H. The van der Waals surface area contributed by atoms with Crippen molar-refractivity contribution in [3.05, 3.63) is 45.4 Å². The van der Waals surface area contributed by atoms with Gasteiger partial charge in [-0.3, -0.25) is 0 Å². The largest absolute Gasteiger partial charge is 0.488 e. The summed E-state index contributed by atoms with van der Waals surface area (Å²) in [6.07, 6.45) is 2.33. The van der Waals surface area contributed by atoms with Gasteiger partial charge in [0.25, 0.3) is 0 Å². The summed E-state index contributed by atoms with van der Waals surface area (Å²) >= 11 is 7.16. The second kappa shape index (κ2) is 8.44. The summed E-state index contributed by atoms with van der Waals surface area (Å²) in [5.74, 6) is 0.771. The molecule has 0 saturated heterocycles. The Labute approximate surface area is 133 Å². The molecule has 1 atom stereocenters. The zero-order valence-electron chi connectivity index (χ0n) is 10.7. The number of halogens is 2. The van der Waals surface area contributed by atoms with E-state index in [1.54, 1.807) is 6.20 Å². The molecule has 0 aliphatic heterocycles. The number of aromatic nitrogens is 1. The van der Waals surface area contributed by atoms with Crippen molar-refractivity contribution in [2.75, 3.05) is 6.61 Å². The molecule has 0 bridgehead atoms. The van der Waals surface area contributed by atoms with Crippen LogP contribution < -0.4 is 10.5 Å². The van der Waals surface area contributed by atoms with Crippen LogP contribution in [0.3, 0.4) is 0 Å². The van der Waals surface area contributed by atoms with Gasteiger partial charge >= 0.3 is 0 Å². The predicted molar refractivity (Wildman–Crippen MR) is 83.9 cm³/mol. The molecule has 3 N–H and O–H groups in total. The van der Waals surface area contributed by atoms with Crippen LogP contribution in [0.15, 0.2) is 30.5 Å². The van der Waals surface area contributed by atoms with Gasteiger partial charge in [-0.1, -0.05) is 23.7 Å². The van der Waals surface area contributed by atoms with Crippen LogP contribution in [0, 0.1) is 0 Å². The molecule has 2 rings (SSSR count). The third-order valence-electron chi connectivity index (χ3n) is 2.54. The van der Waals surface area contributed by atoms with Crippen molar-refractivity contribution in [1.82, 2.24) is 4.98 Å². The molecule has 110 valence electrons. The summed E-state index contributed by atoms with van der Waals surface area (Å²) in [5.41, 5.74) is 6.75. The minimum atomic E-state index is -0.240. The second-order valence-corrected chi connectivity index (χ2v) is 5.86. The van der Waals surface area contributed by atoms with E-state index in [1.807, 2.05) is 24.3 Å². The highest BCUT2D eigenvalue weighted by molar-refractivity contribution is 7.15. The van der Waals surface area contributed by atoms with Gasteiger partial charge in [-0.15, -0.1) is 23.7 Å². The van der Waals surface area contributed by atoms with Crippen molar-refractivity contribution in [2.24, 2.45) is 5.73 Å². The lowest BCUT2D eigenvalue weighted by Gasteiger charge is -2.10. The zero-order chi connectivity index (χ0) is 13.7. The molecule has 1 unspecified atom stereocenters. The van der Waals surface area contributed by atoms with Crippen molar-refractivity contribution in [1.29, 1.82) is 0 Å². The van der Waals surface area contributed by atoms with Crippen molar-refractivity contribution < 1.29 is 9.84 Å². The predicted octanol–water partition coefficient (Wildman–Crippen LogP) is 2.66. The fourth-order valence-electron chi connectivity index (χ4n) is 1.63. The molecule has 0 amide bonds. The summed E-state index contributed by atoms with van der Waals surface area (Å²) in [6.45, 7) is 0.421. The zero-order valence-corrected chi connectivity index (χ0v) is 13.0. The number of aliphatic hydroxyl groups is 1. The van der Waals surface area contributed by atoms with Crippen LogP contribution in [0.25, 0.3) is 0 Å². The van der Waals surface area contributed by atoms with E-state index in [1.165, 1.54) is 11.3 Å². The van der Waals surface area contributed by atoms with E-state index >= 15 is 0 Å². The van der Waals surface area contributed by atoms with Gasteiger partial charge in [-0.05, 0) is 24.1 Å². The Balaban J connectivity index is 0.00000200. The summed E-state index contributed by atoms with van der Waals surface area (Å²) in [7, 11) is 0. The van der Waals surface area contributed by atoms with Crippen LogP contribution >= 0.6 is 35.3 Å². The molecule has 0 spiro atoms. The van der Waals surface area contributed by atoms with E-state index in [0.717, 1.165) is 16.2 Å². The van der Waals surface area contributed by atoms with Gasteiger partial charge in [0.05, 0.1) is 11.5 Å².